The molecule has 2 fully saturated rings. The Labute approximate surface area is 122 Å². The monoisotopic (exact) mass is 287 g/mol. The van der Waals surface area contributed by atoms with Crippen molar-refractivity contribution < 1.29 is 19.5 Å². The normalized spacial score (nSPS) is 25.1. The molecule has 0 aromatic heterocycles. The Hall–Kier alpha value is -2.17. The fourth-order valence-electron chi connectivity index (χ4n) is 3.38. The van der Waals surface area contributed by atoms with Crippen LogP contribution in [0.2, 0.25) is 0 Å². The van der Waals surface area contributed by atoms with E-state index in [-0.39, 0.29) is 29.2 Å². The lowest BCUT2D eigenvalue weighted by atomic mass is 9.81. The van der Waals surface area contributed by atoms with Gasteiger partial charge >= 0.3 is 5.97 Å². The third kappa shape index (κ3) is 2.13. The highest BCUT2D eigenvalue weighted by atomic mass is 16.4. The van der Waals surface area contributed by atoms with Crippen molar-refractivity contribution in [2.24, 2.45) is 11.8 Å². The zero-order valence-corrected chi connectivity index (χ0v) is 11.8. The van der Waals surface area contributed by atoms with Gasteiger partial charge in [-0.05, 0) is 37.5 Å². The predicted molar refractivity (Wildman–Crippen MR) is 76.1 cm³/mol. The number of carbonyl (C=O) groups is 3. The molecule has 1 aliphatic carbocycles. The second-order valence-electron chi connectivity index (χ2n) is 5.82. The SMILES string of the molecule is Cc1ccc(C(=O)O)cc1N1C(=O)[C@H]2CCCC[C@@H]2C1=O. The number of fused-ring (bicyclic) bond motifs is 1. The lowest BCUT2D eigenvalue weighted by Gasteiger charge is -2.19. The average molecular weight is 287 g/mol. The van der Waals surface area contributed by atoms with Gasteiger partial charge < -0.3 is 5.11 Å². The molecule has 1 aromatic rings. The molecule has 1 heterocycles. The van der Waals surface area contributed by atoms with Gasteiger partial charge in [0.2, 0.25) is 11.8 Å². The van der Waals surface area contributed by atoms with Crippen LogP contribution in [0.4, 0.5) is 5.69 Å². The number of carboxylic acids is 1. The maximum absolute atomic E-state index is 12.5. The van der Waals surface area contributed by atoms with Gasteiger partial charge in [0.25, 0.3) is 0 Å². The van der Waals surface area contributed by atoms with E-state index in [1.54, 1.807) is 13.0 Å². The summed E-state index contributed by atoms with van der Waals surface area (Å²) >= 11 is 0. The maximum Gasteiger partial charge on any atom is 0.335 e. The molecule has 1 aliphatic heterocycles. The van der Waals surface area contributed by atoms with Gasteiger partial charge in [0.05, 0.1) is 23.1 Å². The van der Waals surface area contributed by atoms with E-state index >= 15 is 0 Å². The number of rotatable bonds is 2. The summed E-state index contributed by atoms with van der Waals surface area (Å²) in [6.45, 7) is 1.78. The number of nitrogens with zero attached hydrogens (tertiary/aromatic N) is 1. The molecule has 3 rings (SSSR count). The average Bonchev–Trinajstić information content (AvgIpc) is 2.72. The summed E-state index contributed by atoms with van der Waals surface area (Å²) in [6.07, 6.45) is 3.46. The van der Waals surface area contributed by atoms with Crippen molar-refractivity contribution in [1.82, 2.24) is 0 Å². The van der Waals surface area contributed by atoms with E-state index in [1.807, 2.05) is 0 Å². The van der Waals surface area contributed by atoms with Crippen molar-refractivity contribution in [2.75, 3.05) is 4.90 Å². The van der Waals surface area contributed by atoms with Crippen LogP contribution in [-0.2, 0) is 9.59 Å². The summed E-state index contributed by atoms with van der Waals surface area (Å²) in [5.41, 5.74) is 1.24. The number of carbonyl (C=O) groups excluding carboxylic acids is 2. The van der Waals surface area contributed by atoms with E-state index in [9.17, 15) is 14.4 Å². The molecule has 2 aliphatic rings. The highest BCUT2D eigenvalue weighted by Gasteiger charge is 2.49. The smallest absolute Gasteiger partial charge is 0.335 e. The Morgan fingerprint density at radius 1 is 1.14 bits per heavy atom. The zero-order chi connectivity index (χ0) is 15.1. The largest absolute Gasteiger partial charge is 0.478 e. The van der Waals surface area contributed by atoms with Crippen molar-refractivity contribution in [2.45, 2.75) is 32.6 Å². The molecule has 1 saturated carbocycles. The third-order valence-electron chi connectivity index (χ3n) is 4.54. The van der Waals surface area contributed by atoms with Gasteiger partial charge in [-0.1, -0.05) is 18.9 Å². The number of imide groups is 1. The first-order chi connectivity index (χ1) is 10.0. The van der Waals surface area contributed by atoms with E-state index in [0.29, 0.717) is 5.69 Å². The summed E-state index contributed by atoms with van der Waals surface area (Å²) in [4.78, 5) is 37.4. The molecule has 1 N–H and O–H groups in total. The molecule has 21 heavy (non-hydrogen) atoms. The molecular formula is C16H17NO4. The number of hydrogen-bond acceptors (Lipinski definition) is 3. The molecule has 0 bridgehead atoms. The first kappa shape index (κ1) is 13.8. The molecule has 0 radical (unpaired) electrons. The molecule has 1 aromatic carbocycles. The summed E-state index contributed by atoms with van der Waals surface area (Å²) in [6, 6.07) is 4.55. The van der Waals surface area contributed by atoms with Crippen LogP contribution in [0, 0.1) is 18.8 Å². The quantitative estimate of drug-likeness (QED) is 0.847. The first-order valence-corrected chi connectivity index (χ1v) is 7.22. The maximum atomic E-state index is 12.5. The van der Waals surface area contributed by atoms with Gasteiger partial charge in [-0.3, -0.25) is 9.59 Å². The van der Waals surface area contributed by atoms with Gasteiger partial charge in [0, 0.05) is 0 Å². The zero-order valence-electron chi connectivity index (χ0n) is 11.8. The fraction of sp³-hybridized carbons (Fsp3) is 0.438. The number of benzene rings is 1. The van der Waals surface area contributed by atoms with Crippen LogP contribution in [0.25, 0.3) is 0 Å². The summed E-state index contributed by atoms with van der Waals surface area (Å²) in [5.74, 6) is -1.85. The Balaban J connectivity index is 2.04. The Morgan fingerprint density at radius 2 is 1.71 bits per heavy atom. The highest BCUT2D eigenvalue weighted by molar-refractivity contribution is 6.22. The Bertz CT molecular complexity index is 613. The van der Waals surface area contributed by atoms with Crippen molar-refractivity contribution >= 4 is 23.5 Å². The van der Waals surface area contributed by atoms with Gasteiger partial charge in [0.15, 0.2) is 0 Å². The topological polar surface area (TPSA) is 74.7 Å². The number of carboxylic acid groups (broad SMARTS) is 1. The molecule has 5 heteroatoms. The predicted octanol–water partition coefficient (Wildman–Crippen LogP) is 2.37. The lowest BCUT2D eigenvalue weighted by molar-refractivity contribution is -0.122. The van der Waals surface area contributed by atoms with E-state index in [4.69, 9.17) is 5.11 Å². The van der Waals surface area contributed by atoms with E-state index in [2.05, 4.69) is 0 Å². The van der Waals surface area contributed by atoms with E-state index in [0.717, 1.165) is 31.2 Å². The van der Waals surface area contributed by atoms with Crippen LogP contribution in [-0.4, -0.2) is 22.9 Å². The molecule has 0 unspecified atom stereocenters. The Morgan fingerprint density at radius 3 is 2.24 bits per heavy atom. The van der Waals surface area contributed by atoms with Crippen molar-refractivity contribution in [3.8, 4) is 0 Å². The summed E-state index contributed by atoms with van der Waals surface area (Å²) in [7, 11) is 0. The second-order valence-corrected chi connectivity index (χ2v) is 5.82. The molecule has 5 nitrogen and oxygen atoms in total. The summed E-state index contributed by atoms with van der Waals surface area (Å²) < 4.78 is 0. The van der Waals surface area contributed by atoms with Crippen molar-refractivity contribution in [3.05, 3.63) is 29.3 Å². The van der Waals surface area contributed by atoms with Crippen molar-refractivity contribution in [1.29, 1.82) is 0 Å². The molecule has 110 valence electrons. The van der Waals surface area contributed by atoms with E-state index < -0.39 is 5.97 Å². The van der Waals surface area contributed by atoms with Crippen LogP contribution in [0.3, 0.4) is 0 Å². The summed E-state index contributed by atoms with van der Waals surface area (Å²) in [5, 5.41) is 9.09. The van der Waals surface area contributed by atoms with Gasteiger partial charge in [0.1, 0.15) is 0 Å². The molecule has 2 amide bonds. The number of anilines is 1. The minimum atomic E-state index is -1.06. The van der Waals surface area contributed by atoms with Gasteiger partial charge in [-0.2, -0.15) is 0 Å². The highest BCUT2D eigenvalue weighted by Crippen LogP contribution is 2.40. The molecule has 0 spiro atoms. The minimum absolute atomic E-state index is 0.0890. The van der Waals surface area contributed by atoms with Gasteiger partial charge in [-0.25, -0.2) is 9.69 Å². The number of hydrogen-bond donors (Lipinski definition) is 1. The molecular weight excluding hydrogens is 270 g/mol. The van der Waals surface area contributed by atoms with Crippen LogP contribution < -0.4 is 4.90 Å². The third-order valence-corrected chi connectivity index (χ3v) is 4.54. The first-order valence-electron chi connectivity index (χ1n) is 7.22. The van der Waals surface area contributed by atoms with Crippen molar-refractivity contribution in [3.63, 3.8) is 0 Å². The standard InChI is InChI=1S/C16H17NO4/c1-9-6-7-10(16(20)21)8-13(9)17-14(18)11-4-2-3-5-12(11)15(17)19/h6-8,11-12H,2-5H2,1H3,(H,20,21)/t11-,12-/m0/s1. The number of aromatic carboxylic acids is 1. The van der Waals surface area contributed by atoms with Crippen LogP contribution in [0.5, 0.6) is 0 Å². The Kier molecular flexibility index (Phi) is 3.27. The number of amides is 2. The molecule has 2 atom stereocenters. The lowest BCUT2D eigenvalue weighted by Crippen LogP contribution is -2.31. The van der Waals surface area contributed by atoms with E-state index in [1.165, 1.54) is 17.0 Å². The fourth-order valence-corrected chi connectivity index (χ4v) is 3.38. The van der Waals surface area contributed by atoms with Crippen LogP contribution >= 0.6 is 0 Å². The second kappa shape index (κ2) is 4.98. The molecule has 1 saturated heterocycles. The van der Waals surface area contributed by atoms with Gasteiger partial charge in [-0.15, -0.1) is 0 Å². The number of aryl methyl sites for hydroxylation is 1. The van der Waals surface area contributed by atoms with Crippen LogP contribution in [0.1, 0.15) is 41.6 Å². The minimum Gasteiger partial charge on any atom is -0.478 e. The van der Waals surface area contributed by atoms with Crippen LogP contribution in [0.15, 0.2) is 18.2 Å².